The molecule has 5 heteroatoms. The molecule has 0 bridgehead atoms. The average molecular weight is 327 g/mol. The number of halogens is 1. The number of piperazine rings is 1. The number of hydrogen-bond acceptors (Lipinski definition) is 3. The van der Waals surface area contributed by atoms with Gasteiger partial charge in [0, 0.05) is 30.1 Å². The second-order valence-corrected chi connectivity index (χ2v) is 5.81. The number of aromatic carboxylic acids is 1. The normalized spacial score (nSPS) is 20.6. The van der Waals surface area contributed by atoms with E-state index in [1.165, 1.54) is 0 Å². The van der Waals surface area contributed by atoms with E-state index >= 15 is 0 Å². The molecule has 1 fully saturated rings. The molecule has 0 spiro atoms. The minimum atomic E-state index is -0.873. The minimum absolute atomic E-state index is 0.367. The molecule has 1 saturated heterocycles. The van der Waals surface area contributed by atoms with E-state index in [2.05, 4.69) is 39.6 Å². The molecule has 1 N–H and O–H groups in total. The number of hydrogen-bond donors (Lipinski definition) is 1. The topological polar surface area (TPSA) is 43.8 Å². The molecule has 4 nitrogen and oxygen atoms in total. The quantitative estimate of drug-likeness (QED) is 0.927. The lowest BCUT2D eigenvalue weighted by Gasteiger charge is -2.40. The predicted octanol–water partition coefficient (Wildman–Crippen LogP) is 2.68. The summed E-state index contributed by atoms with van der Waals surface area (Å²) < 4.78 is 0.800. The molecule has 0 amide bonds. The molecular weight excluding hydrogens is 308 g/mol. The van der Waals surface area contributed by atoms with Gasteiger partial charge in [-0.15, -0.1) is 0 Å². The Morgan fingerprint density at radius 3 is 2.79 bits per heavy atom. The highest BCUT2D eigenvalue weighted by Gasteiger charge is 2.25. The highest BCUT2D eigenvalue weighted by Crippen LogP contribution is 2.26. The van der Waals surface area contributed by atoms with E-state index in [0.29, 0.717) is 11.6 Å². The van der Waals surface area contributed by atoms with Crippen LogP contribution in [0.1, 0.15) is 24.2 Å². The fourth-order valence-corrected chi connectivity index (χ4v) is 3.00. The van der Waals surface area contributed by atoms with E-state index in [1.807, 2.05) is 12.1 Å². The van der Waals surface area contributed by atoms with E-state index in [-0.39, 0.29) is 0 Å². The highest BCUT2D eigenvalue weighted by molar-refractivity contribution is 9.10. The molecule has 2 rings (SSSR count). The van der Waals surface area contributed by atoms with E-state index in [1.54, 1.807) is 6.07 Å². The van der Waals surface area contributed by atoms with Gasteiger partial charge in [-0.25, -0.2) is 4.79 Å². The van der Waals surface area contributed by atoms with Gasteiger partial charge in [0.15, 0.2) is 0 Å². The molecule has 19 heavy (non-hydrogen) atoms. The molecule has 1 aliphatic heterocycles. The monoisotopic (exact) mass is 326 g/mol. The van der Waals surface area contributed by atoms with Gasteiger partial charge >= 0.3 is 5.97 Å². The summed E-state index contributed by atoms with van der Waals surface area (Å²) in [6, 6.07) is 5.92. The van der Waals surface area contributed by atoms with Crippen molar-refractivity contribution in [2.24, 2.45) is 0 Å². The zero-order valence-electron chi connectivity index (χ0n) is 11.3. The van der Waals surface area contributed by atoms with Crippen molar-refractivity contribution >= 4 is 27.6 Å². The number of anilines is 1. The van der Waals surface area contributed by atoms with Crippen molar-refractivity contribution in [2.75, 3.05) is 31.1 Å². The summed E-state index contributed by atoms with van der Waals surface area (Å²) in [5.41, 5.74) is 1.19. The summed E-state index contributed by atoms with van der Waals surface area (Å²) in [7, 11) is 0. The van der Waals surface area contributed by atoms with Gasteiger partial charge in [0.1, 0.15) is 0 Å². The van der Waals surface area contributed by atoms with Crippen LogP contribution < -0.4 is 4.90 Å². The molecule has 1 unspecified atom stereocenters. The molecule has 1 atom stereocenters. The van der Waals surface area contributed by atoms with Crippen LogP contribution in [-0.2, 0) is 0 Å². The third kappa shape index (κ3) is 3.09. The fourth-order valence-electron chi connectivity index (χ4n) is 2.64. The second-order valence-electron chi connectivity index (χ2n) is 4.89. The summed E-state index contributed by atoms with van der Waals surface area (Å²) in [6.07, 6.45) is 0. The van der Waals surface area contributed by atoms with Gasteiger partial charge in [0.25, 0.3) is 0 Å². The summed E-state index contributed by atoms with van der Waals surface area (Å²) in [4.78, 5) is 15.9. The number of rotatable bonds is 3. The third-order valence-electron chi connectivity index (χ3n) is 3.70. The van der Waals surface area contributed by atoms with Crippen molar-refractivity contribution in [1.82, 2.24) is 4.90 Å². The molecule has 1 aromatic rings. The molecule has 1 aliphatic rings. The number of carboxylic acids is 1. The van der Waals surface area contributed by atoms with Gasteiger partial charge in [-0.3, -0.25) is 4.90 Å². The van der Waals surface area contributed by atoms with Gasteiger partial charge in [0.2, 0.25) is 0 Å². The highest BCUT2D eigenvalue weighted by atomic mass is 79.9. The van der Waals surface area contributed by atoms with Gasteiger partial charge in [-0.2, -0.15) is 0 Å². The molecule has 1 aromatic carbocycles. The Bertz CT molecular complexity index is 479. The first kappa shape index (κ1) is 14.3. The van der Waals surface area contributed by atoms with Crippen molar-refractivity contribution in [1.29, 1.82) is 0 Å². The van der Waals surface area contributed by atoms with E-state index in [4.69, 9.17) is 0 Å². The molecule has 0 saturated carbocycles. The Hall–Kier alpha value is -1.07. The molecular formula is C14H19BrN2O2. The van der Waals surface area contributed by atoms with Crippen LogP contribution in [0.3, 0.4) is 0 Å². The third-order valence-corrected chi connectivity index (χ3v) is 4.19. The average Bonchev–Trinajstić information content (AvgIpc) is 2.38. The zero-order valence-corrected chi connectivity index (χ0v) is 12.9. The molecule has 0 aliphatic carbocycles. The van der Waals surface area contributed by atoms with Crippen LogP contribution >= 0.6 is 15.9 Å². The first-order valence-corrected chi connectivity index (χ1v) is 7.34. The molecule has 0 radical (unpaired) electrons. The Morgan fingerprint density at radius 1 is 1.47 bits per heavy atom. The Kier molecular flexibility index (Phi) is 4.47. The first-order chi connectivity index (χ1) is 9.02. The van der Waals surface area contributed by atoms with Crippen LogP contribution in [0.25, 0.3) is 0 Å². The summed E-state index contributed by atoms with van der Waals surface area (Å²) in [6.45, 7) is 8.12. The lowest BCUT2D eigenvalue weighted by atomic mass is 10.1. The van der Waals surface area contributed by atoms with Crippen molar-refractivity contribution in [2.45, 2.75) is 19.9 Å². The number of carbonyl (C=O) groups is 1. The van der Waals surface area contributed by atoms with E-state index < -0.39 is 5.97 Å². The predicted molar refractivity (Wildman–Crippen MR) is 80.0 cm³/mol. The zero-order chi connectivity index (χ0) is 14.0. The molecule has 0 aromatic heterocycles. The first-order valence-electron chi connectivity index (χ1n) is 6.54. The SMILES string of the molecule is CCN1CCN(c2ccc(Br)cc2C(=O)O)CC1C. The van der Waals surface area contributed by atoms with Gasteiger partial charge in [-0.05, 0) is 31.7 Å². The minimum Gasteiger partial charge on any atom is -0.478 e. The van der Waals surface area contributed by atoms with Crippen LogP contribution in [0.4, 0.5) is 5.69 Å². The summed E-state index contributed by atoms with van der Waals surface area (Å²) in [5, 5.41) is 9.33. The van der Waals surface area contributed by atoms with Crippen molar-refractivity contribution in [3.05, 3.63) is 28.2 Å². The number of carboxylic acid groups (broad SMARTS) is 1. The van der Waals surface area contributed by atoms with Gasteiger partial charge in [0.05, 0.1) is 11.3 Å². The fraction of sp³-hybridized carbons (Fsp3) is 0.500. The van der Waals surface area contributed by atoms with Crippen LogP contribution in [-0.4, -0.2) is 48.2 Å². The summed E-state index contributed by atoms with van der Waals surface area (Å²) >= 11 is 3.33. The lowest BCUT2D eigenvalue weighted by molar-refractivity contribution is 0.0697. The van der Waals surface area contributed by atoms with Crippen LogP contribution in [0.15, 0.2) is 22.7 Å². The Balaban J connectivity index is 2.25. The van der Waals surface area contributed by atoms with Crippen LogP contribution in [0, 0.1) is 0 Å². The van der Waals surface area contributed by atoms with Crippen molar-refractivity contribution in [3.8, 4) is 0 Å². The van der Waals surface area contributed by atoms with Gasteiger partial charge in [-0.1, -0.05) is 22.9 Å². The van der Waals surface area contributed by atoms with Gasteiger partial charge < -0.3 is 10.0 Å². The second kappa shape index (κ2) is 5.92. The smallest absolute Gasteiger partial charge is 0.337 e. The number of benzene rings is 1. The molecule has 1 heterocycles. The van der Waals surface area contributed by atoms with E-state index in [9.17, 15) is 9.90 Å². The maximum atomic E-state index is 11.4. The Morgan fingerprint density at radius 2 is 2.21 bits per heavy atom. The largest absolute Gasteiger partial charge is 0.478 e. The van der Waals surface area contributed by atoms with Crippen molar-refractivity contribution in [3.63, 3.8) is 0 Å². The lowest BCUT2D eigenvalue weighted by Crippen LogP contribution is -2.52. The Labute approximate surface area is 122 Å². The van der Waals surface area contributed by atoms with E-state index in [0.717, 1.165) is 36.3 Å². The number of likely N-dealkylation sites (N-methyl/N-ethyl adjacent to an activating group) is 1. The number of nitrogens with zero attached hydrogens (tertiary/aromatic N) is 2. The maximum absolute atomic E-state index is 11.4. The molecule has 104 valence electrons. The van der Waals surface area contributed by atoms with Crippen LogP contribution in [0.2, 0.25) is 0 Å². The van der Waals surface area contributed by atoms with Crippen LogP contribution in [0.5, 0.6) is 0 Å². The maximum Gasteiger partial charge on any atom is 0.337 e. The van der Waals surface area contributed by atoms with Crippen molar-refractivity contribution < 1.29 is 9.90 Å². The standard InChI is InChI=1S/C14H19BrN2O2/c1-3-16-6-7-17(9-10(16)2)13-5-4-11(15)8-12(13)14(18)19/h4-5,8,10H,3,6-7,9H2,1-2H3,(H,18,19). The summed E-state index contributed by atoms with van der Waals surface area (Å²) in [5.74, 6) is -0.873.